The SMILES string of the molecule is CCCC[Si](C)(C)O[Si](C)(C)[Si](C)(C)CCCC. The number of unbranched alkanes of at least 4 members (excludes halogenated alkanes) is 2. The van der Waals surface area contributed by atoms with Crippen LogP contribution in [0.25, 0.3) is 0 Å². The smallest absolute Gasteiger partial charge is 0.173 e. The van der Waals surface area contributed by atoms with Gasteiger partial charge < -0.3 is 4.12 Å². The predicted octanol–water partition coefficient (Wildman–Crippen LogP) is 5.80. The van der Waals surface area contributed by atoms with Gasteiger partial charge in [0, 0.05) is 0 Å². The highest BCUT2D eigenvalue weighted by Crippen LogP contribution is 2.30. The van der Waals surface area contributed by atoms with Gasteiger partial charge in [0.1, 0.15) is 0 Å². The molecule has 0 saturated carbocycles. The molecule has 4 heteroatoms. The van der Waals surface area contributed by atoms with E-state index in [9.17, 15) is 0 Å². The molecule has 0 aliphatic carbocycles. The standard InChI is InChI=1S/C14H36OSi3/c1-9-11-13-16(3,4)15-18(7,8)17(5,6)14-12-10-2/h9-14H2,1-8H3. The molecule has 0 aromatic rings. The highest BCUT2D eigenvalue weighted by molar-refractivity contribution is 7.39. The molecular formula is C14H36OSi3. The molecule has 0 aliphatic heterocycles. The van der Waals surface area contributed by atoms with Crippen molar-refractivity contribution in [2.75, 3.05) is 0 Å². The van der Waals surface area contributed by atoms with E-state index in [-0.39, 0.29) is 0 Å². The second kappa shape index (κ2) is 7.41. The lowest BCUT2D eigenvalue weighted by Gasteiger charge is -2.43. The molecule has 0 fully saturated rings. The molecule has 0 unspecified atom stereocenters. The Morgan fingerprint density at radius 3 is 1.61 bits per heavy atom. The van der Waals surface area contributed by atoms with Crippen molar-refractivity contribution in [3.05, 3.63) is 0 Å². The van der Waals surface area contributed by atoms with Crippen LogP contribution in [0.15, 0.2) is 0 Å². The summed E-state index contributed by atoms with van der Waals surface area (Å²) in [4.78, 5) is 0. The van der Waals surface area contributed by atoms with Gasteiger partial charge in [-0.3, -0.25) is 0 Å². The van der Waals surface area contributed by atoms with E-state index in [1.165, 1.54) is 37.8 Å². The average molecular weight is 305 g/mol. The Labute approximate surface area is 119 Å². The Kier molecular flexibility index (Phi) is 7.66. The van der Waals surface area contributed by atoms with Gasteiger partial charge in [-0.1, -0.05) is 58.7 Å². The van der Waals surface area contributed by atoms with Gasteiger partial charge in [0.05, 0.1) is 7.59 Å². The minimum Gasteiger partial charge on any atom is -0.458 e. The van der Waals surface area contributed by atoms with E-state index in [1.807, 2.05) is 0 Å². The fraction of sp³-hybridized carbons (Fsp3) is 1.00. The second-order valence-electron chi connectivity index (χ2n) is 7.46. The van der Waals surface area contributed by atoms with Crippen LogP contribution >= 0.6 is 0 Å². The van der Waals surface area contributed by atoms with Gasteiger partial charge in [-0.05, 0) is 32.2 Å². The summed E-state index contributed by atoms with van der Waals surface area (Å²) in [6.45, 7) is 19.6. The molecule has 0 atom stereocenters. The fourth-order valence-corrected chi connectivity index (χ4v) is 19.8. The third-order valence-corrected chi connectivity index (χ3v) is 26.6. The van der Waals surface area contributed by atoms with Crippen molar-refractivity contribution in [3.63, 3.8) is 0 Å². The molecule has 0 aromatic heterocycles. The van der Waals surface area contributed by atoms with E-state index < -0.39 is 23.7 Å². The van der Waals surface area contributed by atoms with Crippen molar-refractivity contribution in [1.29, 1.82) is 0 Å². The molecule has 0 rings (SSSR count). The number of hydrogen-bond donors (Lipinski definition) is 0. The molecule has 0 aliphatic rings. The van der Waals surface area contributed by atoms with Gasteiger partial charge in [-0.2, -0.15) is 0 Å². The maximum absolute atomic E-state index is 6.83. The zero-order valence-corrected chi connectivity index (χ0v) is 17.2. The van der Waals surface area contributed by atoms with Crippen molar-refractivity contribution in [2.45, 2.75) is 90.9 Å². The van der Waals surface area contributed by atoms with Gasteiger partial charge in [0.25, 0.3) is 0 Å². The minimum atomic E-state index is -1.45. The van der Waals surface area contributed by atoms with Crippen LogP contribution in [-0.2, 0) is 4.12 Å². The molecule has 0 spiro atoms. The zero-order valence-electron chi connectivity index (χ0n) is 14.2. The van der Waals surface area contributed by atoms with E-state index in [0.717, 1.165) is 0 Å². The largest absolute Gasteiger partial charge is 0.458 e. The first kappa shape index (κ1) is 18.6. The van der Waals surface area contributed by atoms with Crippen LogP contribution in [0.1, 0.15) is 39.5 Å². The molecule has 0 radical (unpaired) electrons. The zero-order chi connectivity index (χ0) is 14.4. The monoisotopic (exact) mass is 304 g/mol. The van der Waals surface area contributed by atoms with Crippen LogP contribution in [0.3, 0.4) is 0 Å². The summed E-state index contributed by atoms with van der Waals surface area (Å²) in [6, 6.07) is 2.80. The number of rotatable bonds is 9. The topological polar surface area (TPSA) is 9.23 Å². The van der Waals surface area contributed by atoms with Gasteiger partial charge in [-0.15, -0.1) is 0 Å². The van der Waals surface area contributed by atoms with Gasteiger partial charge in [-0.25, -0.2) is 0 Å². The van der Waals surface area contributed by atoms with Crippen LogP contribution in [0, 0.1) is 0 Å². The molecule has 0 heterocycles. The Balaban J connectivity index is 4.60. The average Bonchev–Trinajstić information content (AvgIpc) is 2.22. The van der Waals surface area contributed by atoms with Gasteiger partial charge >= 0.3 is 0 Å². The maximum Gasteiger partial charge on any atom is 0.173 e. The van der Waals surface area contributed by atoms with Crippen LogP contribution in [0.5, 0.6) is 0 Å². The summed E-state index contributed by atoms with van der Waals surface area (Å²) in [6.07, 6.45) is 5.38. The maximum atomic E-state index is 6.83. The first-order valence-corrected chi connectivity index (χ1v) is 18.0. The molecule has 0 amide bonds. The molecule has 0 aromatic carbocycles. The Morgan fingerprint density at radius 2 is 1.17 bits per heavy atom. The van der Waals surface area contributed by atoms with E-state index in [2.05, 4.69) is 53.1 Å². The van der Waals surface area contributed by atoms with Crippen molar-refractivity contribution < 1.29 is 4.12 Å². The summed E-state index contributed by atoms with van der Waals surface area (Å²) >= 11 is 0. The fourth-order valence-electron chi connectivity index (χ4n) is 2.40. The van der Waals surface area contributed by atoms with Crippen molar-refractivity contribution in [2.24, 2.45) is 0 Å². The normalized spacial score (nSPS) is 14.0. The van der Waals surface area contributed by atoms with Crippen LogP contribution < -0.4 is 0 Å². The first-order valence-electron chi connectivity index (χ1n) is 7.78. The highest BCUT2D eigenvalue weighted by Gasteiger charge is 2.45. The van der Waals surface area contributed by atoms with Crippen LogP contribution in [0.4, 0.5) is 0 Å². The first-order chi connectivity index (χ1) is 8.08. The van der Waals surface area contributed by atoms with E-state index in [1.54, 1.807) is 0 Å². The number of hydrogen-bond acceptors (Lipinski definition) is 1. The van der Waals surface area contributed by atoms with E-state index in [0.29, 0.717) is 0 Å². The lowest BCUT2D eigenvalue weighted by atomic mass is 10.4. The van der Waals surface area contributed by atoms with Gasteiger partial charge in [0.2, 0.25) is 0 Å². The summed E-state index contributed by atoms with van der Waals surface area (Å²) in [5.41, 5.74) is 0. The molecule has 1 nitrogen and oxygen atoms in total. The Morgan fingerprint density at radius 1 is 0.722 bits per heavy atom. The Hall–Kier alpha value is 0.611. The molecule has 110 valence electrons. The predicted molar refractivity (Wildman–Crippen MR) is 93.0 cm³/mol. The highest BCUT2D eigenvalue weighted by atomic mass is 29.3. The summed E-state index contributed by atoms with van der Waals surface area (Å²) in [7, 11) is -4.01. The molecule has 0 bridgehead atoms. The van der Waals surface area contributed by atoms with Crippen LogP contribution in [0.2, 0.25) is 51.4 Å². The van der Waals surface area contributed by atoms with Crippen molar-refractivity contribution >= 4 is 23.7 Å². The van der Waals surface area contributed by atoms with Crippen molar-refractivity contribution in [3.8, 4) is 0 Å². The molecule has 0 saturated heterocycles. The third kappa shape index (κ3) is 6.17. The molecular weight excluding hydrogens is 268 g/mol. The lowest BCUT2D eigenvalue weighted by Crippen LogP contribution is -2.61. The molecule has 18 heavy (non-hydrogen) atoms. The van der Waals surface area contributed by atoms with E-state index in [4.69, 9.17) is 4.12 Å². The second-order valence-corrected chi connectivity index (χ2v) is 27.3. The molecule has 0 N–H and O–H groups in total. The lowest BCUT2D eigenvalue weighted by molar-refractivity contribution is 0.552. The van der Waals surface area contributed by atoms with Gasteiger partial charge in [0.15, 0.2) is 16.2 Å². The Bertz CT molecular complexity index is 237. The van der Waals surface area contributed by atoms with Crippen LogP contribution in [-0.4, -0.2) is 23.7 Å². The quantitative estimate of drug-likeness (QED) is 0.489. The summed E-state index contributed by atoms with van der Waals surface area (Å²) in [5, 5.41) is 0. The van der Waals surface area contributed by atoms with Crippen molar-refractivity contribution in [1.82, 2.24) is 0 Å². The third-order valence-electron chi connectivity index (χ3n) is 4.45. The van der Waals surface area contributed by atoms with E-state index >= 15 is 0 Å². The summed E-state index contributed by atoms with van der Waals surface area (Å²) in [5.74, 6) is 0. The minimum absolute atomic E-state index is 1.15. The summed E-state index contributed by atoms with van der Waals surface area (Å²) < 4.78 is 6.83.